The third-order valence-corrected chi connectivity index (χ3v) is 3.72. The molecule has 1 aliphatic heterocycles. The molecule has 122 valence electrons. The van der Waals surface area contributed by atoms with Gasteiger partial charge in [-0.2, -0.15) is 8.42 Å². The molecule has 3 rings (SSSR count). The molecule has 0 spiro atoms. The van der Waals surface area contributed by atoms with Crippen molar-refractivity contribution < 1.29 is 22.1 Å². The van der Waals surface area contributed by atoms with E-state index in [4.69, 9.17) is 8.92 Å². The molecule has 1 heterocycles. The molecule has 0 aliphatic carbocycles. The number of Topliss-reactive ketones (excluding diaryl/α,β-unsaturated/α-hetero) is 1. The SMILES string of the molecule is CS(=O)(=O)Oc1ccc2c(c1)O/C(=C\C=C\c1ccccc1)C2=O. The molecule has 2 aromatic rings. The largest absolute Gasteiger partial charge is 0.452 e. The minimum absolute atomic E-state index is 0.102. The van der Waals surface area contributed by atoms with Crippen LogP contribution < -0.4 is 8.92 Å². The third-order valence-electron chi connectivity index (χ3n) is 3.22. The van der Waals surface area contributed by atoms with E-state index < -0.39 is 10.1 Å². The molecule has 2 aromatic carbocycles. The van der Waals surface area contributed by atoms with Crippen LogP contribution >= 0.6 is 0 Å². The fraction of sp³-hybridized carbons (Fsp3) is 0.0556. The highest BCUT2D eigenvalue weighted by atomic mass is 32.2. The summed E-state index contributed by atoms with van der Waals surface area (Å²) in [5, 5.41) is 0. The van der Waals surface area contributed by atoms with Gasteiger partial charge < -0.3 is 8.92 Å². The second kappa shape index (κ2) is 6.33. The van der Waals surface area contributed by atoms with E-state index in [-0.39, 0.29) is 23.0 Å². The monoisotopic (exact) mass is 342 g/mol. The van der Waals surface area contributed by atoms with Crippen molar-refractivity contribution in [2.75, 3.05) is 6.26 Å². The first-order valence-corrected chi connectivity index (χ1v) is 8.93. The molecule has 24 heavy (non-hydrogen) atoms. The molecule has 0 radical (unpaired) electrons. The first-order valence-electron chi connectivity index (χ1n) is 7.12. The number of ether oxygens (including phenoxy) is 1. The van der Waals surface area contributed by atoms with Gasteiger partial charge in [-0.1, -0.05) is 42.5 Å². The van der Waals surface area contributed by atoms with Gasteiger partial charge in [0.15, 0.2) is 5.76 Å². The average Bonchev–Trinajstić information content (AvgIpc) is 2.83. The summed E-state index contributed by atoms with van der Waals surface area (Å²) in [4.78, 5) is 12.2. The van der Waals surface area contributed by atoms with Crippen molar-refractivity contribution in [3.63, 3.8) is 0 Å². The minimum Gasteiger partial charge on any atom is -0.452 e. The Kier molecular flexibility index (Phi) is 4.22. The first kappa shape index (κ1) is 16.0. The fourth-order valence-electron chi connectivity index (χ4n) is 2.22. The molecule has 1 aliphatic rings. The standard InChI is InChI=1S/C18H14O5S/c1-24(20,21)23-14-10-11-15-17(12-14)22-16(18(15)19)9-5-8-13-6-3-2-4-7-13/h2-12H,1H3/b8-5+,16-9-. The van der Waals surface area contributed by atoms with Crippen LogP contribution in [0.3, 0.4) is 0 Å². The van der Waals surface area contributed by atoms with Crippen LogP contribution in [0.25, 0.3) is 6.08 Å². The predicted molar refractivity (Wildman–Crippen MR) is 90.4 cm³/mol. The Morgan fingerprint density at radius 2 is 1.83 bits per heavy atom. The van der Waals surface area contributed by atoms with E-state index in [1.54, 1.807) is 12.2 Å². The molecule has 5 nitrogen and oxygen atoms in total. The Balaban J connectivity index is 1.80. The number of carbonyl (C=O) groups excluding carboxylic acids is 1. The van der Waals surface area contributed by atoms with Crippen molar-refractivity contribution in [1.29, 1.82) is 0 Å². The molecule has 0 saturated carbocycles. The average molecular weight is 342 g/mol. The predicted octanol–water partition coefficient (Wildman–Crippen LogP) is 3.20. The number of benzene rings is 2. The number of rotatable bonds is 4. The third kappa shape index (κ3) is 3.72. The van der Waals surface area contributed by atoms with E-state index in [2.05, 4.69) is 0 Å². The first-order chi connectivity index (χ1) is 11.4. The normalized spacial score (nSPS) is 15.5. The smallest absolute Gasteiger partial charge is 0.306 e. The molecule has 0 bridgehead atoms. The molecule has 0 saturated heterocycles. The lowest BCUT2D eigenvalue weighted by atomic mass is 10.1. The Labute approximate surface area is 140 Å². The van der Waals surface area contributed by atoms with Gasteiger partial charge >= 0.3 is 10.1 Å². The molecule has 0 fully saturated rings. The Morgan fingerprint density at radius 3 is 2.54 bits per heavy atom. The van der Waals surface area contributed by atoms with Crippen LogP contribution in [0.4, 0.5) is 0 Å². The van der Waals surface area contributed by atoms with Gasteiger partial charge in [-0.3, -0.25) is 4.79 Å². The van der Waals surface area contributed by atoms with Gasteiger partial charge in [-0.15, -0.1) is 0 Å². The summed E-state index contributed by atoms with van der Waals surface area (Å²) in [6.07, 6.45) is 6.10. The number of carbonyl (C=O) groups is 1. The van der Waals surface area contributed by atoms with Gasteiger partial charge in [0.2, 0.25) is 5.78 Å². The maximum Gasteiger partial charge on any atom is 0.306 e. The molecule has 0 aromatic heterocycles. The molecule has 0 unspecified atom stereocenters. The van der Waals surface area contributed by atoms with Crippen LogP contribution in [-0.2, 0) is 10.1 Å². The number of hydrogen-bond acceptors (Lipinski definition) is 5. The van der Waals surface area contributed by atoms with Gasteiger partial charge in [0.1, 0.15) is 11.5 Å². The fourth-order valence-corrected chi connectivity index (χ4v) is 2.67. The molecule has 0 N–H and O–H groups in total. The summed E-state index contributed by atoms with van der Waals surface area (Å²) in [7, 11) is -3.63. The number of hydrogen-bond donors (Lipinski definition) is 0. The van der Waals surface area contributed by atoms with Crippen molar-refractivity contribution in [2.45, 2.75) is 0 Å². The number of allylic oxidation sites excluding steroid dienone is 3. The van der Waals surface area contributed by atoms with Crippen molar-refractivity contribution in [3.8, 4) is 11.5 Å². The summed E-state index contributed by atoms with van der Waals surface area (Å²) in [5.41, 5.74) is 1.37. The lowest BCUT2D eigenvalue weighted by Gasteiger charge is -2.03. The zero-order valence-corrected chi connectivity index (χ0v) is 13.6. The molecule has 0 atom stereocenters. The van der Waals surface area contributed by atoms with Gasteiger partial charge in [0.25, 0.3) is 0 Å². The lowest BCUT2D eigenvalue weighted by molar-refractivity contribution is 0.101. The van der Waals surface area contributed by atoms with Crippen LogP contribution in [-0.4, -0.2) is 20.5 Å². The van der Waals surface area contributed by atoms with E-state index in [9.17, 15) is 13.2 Å². The topological polar surface area (TPSA) is 69.7 Å². The van der Waals surface area contributed by atoms with Gasteiger partial charge in [-0.05, 0) is 23.8 Å². The van der Waals surface area contributed by atoms with Crippen molar-refractivity contribution >= 4 is 22.0 Å². The Morgan fingerprint density at radius 1 is 1.08 bits per heavy atom. The summed E-state index contributed by atoms with van der Waals surface area (Å²) >= 11 is 0. The highest BCUT2D eigenvalue weighted by molar-refractivity contribution is 7.86. The number of ketones is 1. The van der Waals surface area contributed by atoms with Gasteiger partial charge in [-0.25, -0.2) is 0 Å². The van der Waals surface area contributed by atoms with E-state index in [1.165, 1.54) is 18.2 Å². The Hall–Kier alpha value is -2.86. The zero-order chi connectivity index (χ0) is 17.2. The highest BCUT2D eigenvalue weighted by Crippen LogP contribution is 2.34. The van der Waals surface area contributed by atoms with Crippen molar-refractivity contribution in [1.82, 2.24) is 0 Å². The summed E-state index contributed by atoms with van der Waals surface area (Å²) in [5.74, 6) is 0.299. The van der Waals surface area contributed by atoms with E-state index in [0.29, 0.717) is 5.56 Å². The van der Waals surface area contributed by atoms with Crippen molar-refractivity contribution in [3.05, 3.63) is 77.6 Å². The van der Waals surface area contributed by atoms with Crippen molar-refractivity contribution in [2.24, 2.45) is 0 Å². The maximum absolute atomic E-state index is 12.2. The second-order valence-corrected chi connectivity index (χ2v) is 6.75. The van der Waals surface area contributed by atoms with E-state index >= 15 is 0 Å². The molecular formula is C18H14O5S. The van der Waals surface area contributed by atoms with Gasteiger partial charge in [0.05, 0.1) is 11.8 Å². The lowest BCUT2D eigenvalue weighted by Crippen LogP contribution is -2.05. The quantitative estimate of drug-likeness (QED) is 0.630. The van der Waals surface area contributed by atoms with E-state index in [0.717, 1.165) is 11.8 Å². The van der Waals surface area contributed by atoms with Gasteiger partial charge in [0, 0.05) is 6.07 Å². The van der Waals surface area contributed by atoms with Crippen LogP contribution in [0.2, 0.25) is 0 Å². The summed E-state index contributed by atoms with van der Waals surface area (Å²) < 4.78 is 32.6. The zero-order valence-electron chi connectivity index (χ0n) is 12.8. The van der Waals surface area contributed by atoms with Crippen LogP contribution in [0.1, 0.15) is 15.9 Å². The highest BCUT2D eigenvalue weighted by Gasteiger charge is 2.27. The summed E-state index contributed by atoms with van der Waals surface area (Å²) in [6.45, 7) is 0. The summed E-state index contributed by atoms with van der Waals surface area (Å²) in [6, 6.07) is 13.9. The second-order valence-electron chi connectivity index (χ2n) is 5.18. The molecular weight excluding hydrogens is 328 g/mol. The molecule has 6 heteroatoms. The maximum atomic E-state index is 12.2. The van der Waals surface area contributed by atoms with Crippen LogP contribution in [0, 0.1) is 0 Å². The van der Waals surface area contributed by atoms with Crippen LogP contribution in [0.5, 0.6) is 11.5 Å². The molecule has 0 amide bonds. The Bertz CT molecular complexity index is 941. The van der Waals surface area contributed by atoms with Crippen LogP contribution in [0.15, 0.2) is 66.4 Å². The minimum atomic E-state index is -3.63. The number of fused-ring (bicyclic) bond motifs is 1. The van der Waals surface area contributed by atoms with E-state index in [1.807, 2.05) is 36.4 Å².